The molecular weight excluding hydrogens is 564 g/mol. The van der Waals surface area contributed by atoms with Gasteiger partial charge < -0.3 is 23.8 Å². The zero-order valence-electron chi connectivity index (χ0n) is 24.9. The smallest absolute Gasteiger partial charge is 0.332 e. The highest BCUT2D eigenvalue weighted by atomic mass is 16.6. The van der Waals surface area contributed by atoms with Gasteiger partial charge in [0.1, 0.15) is 24.6 Å². The van der Waals surface area contributed by atoms with Gasteiger partial charge in [-0.1, -0.05) is 41.8 Å². The molecule has 4 rings (SSSR count). The number of esters is 1. The lowest BCUT2D eigenvalue weighted by molar-refractivity contribution is -0.384. The van der Waals surface area contributed by atoms with Crippen molar-refractivity contribution in [1.82, 2.24) is 0 Å². The number of hydrogen-bond donors (Lipinski definition) is 0. The molecule has 1 aliphatic heterocycles. The minimum atomic E-state index is -0.540. The lowest BCUT2D eigenvalue weighted by Gasteiger charge is -2.19. The van der Waals surface area contributed by atoms with E-state index in [1.807, 2.05) is 48.5 Å². The van der Waals surface area contributed by atoms with E-state index >= 15 is 0 Å². The van der Waals surface area contributed by atoms with Crippen LogP contribution in [-0.2, 0) is 30.3 Å². The molecule has 1 aliphatic rings. The van der Waals surface area contributed by atoms with Gasteiger partial charge in [-0.25, -0.2) is 4.79 Å². The molecule has 1 amide bonds. The summed E-state index contributed by atoms with van der Waals surface area (Å²) in [7, 11) is 0. The number of carbonyl (C=O) groups is 2. The van der Waals surface area contributed by atoms with Crippen molar-refractivity contribution in [2.24, 2.45) is 0 Å². The van der Waals surface area contributed by atoms with Crippen molar-refractivity contribution >= 4 is 34.9 Å². The molecule has 10 nitrogen and oxygen atoms in total. The summed E-state index contributed by atoms with van der Waals surface area (Å²) in [5.74, 6) is 0.0697. The minimum Gasteiger partial charge on any atom is -0.491 e. The summed E-state index contributed by atoms with van der Waals surface area (Å²) in [6.45, 7) is 6.95. The third kappa shape index (κ3) is 9.26. The highest BCUT2D eigenvalue weighted by molar-refractivity contribution is 6.32. The molecule has 10 heteroatoms. The van der Waals surface area contributed by atoms with Gasteiger partial charge in [0.15, 0.2) is 0 Å². The number of non-ortho nitro benzene ring substituents is 1. The maximum atomic E-state index is 13.4. The molecular formula is C34H34N2O8. The Morgan fingerprint density at radius 3 is 2.32 bits per heavy atom. The first kappa shape index (κ1) is 31.9. The maximum Gasteiger partial charge on any atom is 0.332 e. The molecule has 0 spiro atoms. The lowest BCUT2D eigenvalue weighted by Crippen LogP contribution is -2.27. The number of nitro groups is 1. The summed E-state index contributed by atoms with van der Waals surface area (Å²) < 4.78 is 21.7. The van der Waals surface area contributed by atoms with E-state index < -0.39 is 16.5 Å². The largest absolute Gasteiger partial charge is 0.491 e. The highest BCUT2D eigenvalue weighted by Crippen LogP contribution is 2.37. The first-order chi connectivity index (χ1) is 21.1. The number of benzene rings is 3. The fraction of sp³-hybridized carbons (Fsp3) is 0.294. The summed E-state index contributed by atoms with van der Waals surface area (Å²) in [5, 5.41) is 10.9. The predicted octanol–water partition coefficient (Wildman–Crippen LogP) is 5.75. The standard InChI is InChI=1S/C34H34N2O8/c1-34(2,3)44-32(37)24-42-20-19-41-21-22-43-28-17-13-26(14-18-28)23-35-31-10-5-4-8-29(31)30(33(35)38)9-6-7-25-11-15-27(16-12-25)36(39)40/h4-5,7-8,10-18H,19-24H2,1-3H3. The summed E-state index contributed by atoms with van der Waals surface area (Å²) in [6, 6.07) is 21.1. The van der Waals surface area contributed by atoms with E-state index in [-0.39, 0.29) is 24.8 Å². The summed E-state index contributed by atoms with van der Waals surface area (Å²) in [5.41, 5.74) is 8.94. The van der Waals surface area contributed by atoms with Crippen LogP contribution in [0.5, 0.6) is 5.75 Å². The monoisotopic (exact) mass is 598 g/mol. The molecule has 1 heterocycles. The van der Waals surface area contributed by atoms with Crippen molar-refractivity contribution in [3.8, 4) is 5.75 Å². The van der Waals surface area contributed by atoms with Gasteiger partial charge in [-0.15, -0.1) is 0 Å². The SMILES string of the molecule is CC(C)(C)OC(=O)COCCOCCOc1ccc(CN2C(=O)C(=C=C=Cc3ccc([N+](=O)[O-])cc3)c3ccccc32)cc1. The van der Waals surface area contributed by atoms with Crippen molar-refractivity contribution in [2.45, 2.75) is 32.9 Å². The van der Waals surface area contributed by atoms with Crippen LogP contribution < -0.4 is 9.64 Å². The van der Waals surface area contributed by atoms with Crippen LogP contribution in [0.25, 0.3) is 11.6 Å². The molecule has 228 valence electrons. The van der Waals surface area contributed by atoms with Gasteiger partial charge in [0, 0.05) is 17.7 Å². The number of fused-ring (bicyclic) bond motifs is 1. The Morgan fingerprint density at radius 2 is 1.61 bits per heavy atom. The average Bonchev–Trinajstić information content (AvgIpc) is 3.25. The minimum absolute atomic E-state index is 0.00408. The van der Waals surface area contributed by atoms with E-state index in [4.69, 9.17) is 18.9 Å². The highest BCUT2D eigenvalue weighted by Gasteiger charge is 2.32. The van der Waals surface area contributed by atoms with E-state index in [2.05, 4.69) is 11.5 Å². The molecule has 0 fully saturated rings. The molecule has 3 aromatic rings. The molecule has 44 heavy (non-hydrogen) atoms. The predicted molar refractivity (Wildman–Crippen MR) is 165 cm³/mol. The zero-order chi connectivity index (χ0) is 31.5. The van der Waals surface area contributed by atoms with Crippen molar-refractivity contribution < 1.29 is 33.5 Å². The Morgan fingerprint density at radius 1 is 0.932 bits per heavy atom. The molecule has 0 N–H and O–H groups in total. The van der Waals surface area contributed by atoms with Crippen LogP contribution in [-0.4, -0.2) is 55.4 Å². The van der Waals surface area contributed by atoms with E-state index in [0.717, 1.165) is 16.8 Å². The number of carbonyl (C=O) groups excluding carboxylic acids is 2. The Hall–Kier alpha value is -4.98. The lowest BCUT2D eigenvalue weighted by atomic mass is 10.1. The summed E-state index contributed by atoms with van der Waals surface area (Å²) in [4.78, 5) is 37.1. The van der Waals surface area contributed by atoms with Crippen LogP contribution in [0, 0.1) is 10.1 Å². The Bertz CT molecular complexity index is 1580. The molecule has 3 aromatic carbocycles. The Labute approximate surface area is 256 Å². The van der Waals surface area contributed by atoms with Crippen LogP contribution in [0.15, 0.2) is 84.3 Å². The molecule has 0 aliphatic carbocycles. The second-order valence-corrected chi connectivity index (χ2v) is 10.8. The maximum absolute atomic E-state index is 13.4. The Kier molecular flexibility index (Phi) is 10.9. The number of para-hydroxylation sites is 1. The zero-order valence-corrected chi connectivity index (χ0v) is 24.9. The first-order valence-electron chi connectivity index (χ1n) is 14.1. The number of ether oxygens (including phenoxy) is 4. The normalized spacial score (nSPS) is 12.3. The second-order valence-electron chi connectivity index (χ2n) is 10.8. The van der Waals surface area contributed by atoms with Gasteiger partial charge in [0.2, 0.25) is 0 Å². The number of rotatable bonds is 13. The topological polar surface area (TPSA) is 117 Å². The third-order valence-corrected chi connectivity index (χ3v) is 6.24. The molecule has 0 atom stereocenters. The van der Waals surface area contributed by atoms with Crippen molar-refractivity contribution in [3.05, 3.63) is 111 Å². The van der Waals surface area contributed by atoms with Crippen LogP contribution in [0.4, 0.5) is 11.4 Å². The van der Waals surface area contributed by atoms with Crippen molar-refractivity contribution in [3.63, 3.8) is 0 Å². The fourth-order valence-corrected chi connectivity index (χ4v) is 4.28. The molecule has 0 unspecified atom stereocenters. The molecule has 0 aromatic heterocycles. The first-order valence-corrected chi connectivity index (χ1v) is 14.1. The van der Waals surface area contributed by atoms with E-state index in [0.29, 0.717) is 43.3 Å². The number of nitro benzene ring substituents is 1. The van der Waals surface area contributed by atoms with Crippen LogP contribution in [0.2, 0.25) is 0 Å². The van der Waals surface area contributed by atoms with Gasteiger partial charge in [-0.2, -0.15) is 0 Å². The van der Waals surface area contributed by atoms with Gasteiger partial charge in [0.05, 0.1) is 42.5 Å². The van der Waals surface area contributed by atoms with E-state index in [9.17, 15) is 19.7 Å². The number of anilines is 1. The quantitative estimate of drug-likeness (QED) is 0.0610. The number of nitrogens with zero attached hydrogens (tertiary/aromatic N) is 2. The van der Waals surface area contributed by atoms with Crippen LogP contribution in [0.1, 0.15) is 37.5 Å². The number of amides is 1. The Balaban J connectivity index is 1.27. The van der Waals surface area contributed by atoms with Crippen LogP contribution >= 0.6 is 0 Å². The van der Waals surface area contributed by atoms with E-state index in [1.54, 1.807) is 43.9 Å². The van der Waals surface area contributed by atoms with Crippen LogP contribution in [0.3, 0.4) is 0 Å². The van der Waals surface area contributed by atoms with Crippen molar-refractivity contribution in [1.29, 1.82) is 0 Å². The molecule has 0 saturated heterocycles. The van der Waals surface area contributed by atoms with Gasteiger partial charge in [-0.05, 0) is 68.3 Å². The van der Waals surface area contributed by atoms with Gasteiger partial charge >= 0.3 is 5.97 Å². The summed E-state index contributed by atoms with van der Waals surface area (Å²) >= 11 is 0. The fourth-order valence-electron chi connectivity index (χ4n) is 4.28. The number of hydrogen-bond acceptors (Lipinski definition) is 8. The summed E-state index contributed by atoms with van der Waals surface area (Å²) in [6.07, 6.45) is 1.62. The van der Waals surface area contributed by atoms with E-state index in [1.165, 1.54) is 12.1 Å². The average molecular weight is 599 g/mol. The third-order valence-electron chi connectivity index (χ3n) is 6.24. The van der Waals surface area contributed by atoms with Gasteiger partial charge in [0.25, 0.3) is 11.6 Å². The second kappa shape index (κ2) is 15.0. The molecule has 0 radical (unpaired) electrons. The molecule has 0 saturated carbocycles. The van der Waals surface area contributed by atoms with Crippen molar-refractivity contribution in [2.75, 3.05) is 37.9 Å². The van der Waals surface area contributed by atoms with Gasteiger partial charge in [-0.3, -0.25) is 14.9 Å². The molecule has 0 bridgehead atoms.